The maximum absolute atomic E-state index is 11.6. The summed E-state index contributed by atoms with van der Waals surface area (Å²) in [5.74, 6) is -1.13. The molecule has 0 unspecified atom stereocenters. The van der Waals surface area contributed by atoms with Crippen LogP contribution < -0.4 is 0 Å². The van der Waals surface area contributed by atoms with Gasteiger partial charge in [0.15, 0.2) is 0 Å². The van der Waals surface area contributed by atoms with Crippen molar-refractivity contribution < 1.29 is 14.3 Å². The van der Waals surface area contributed by atoms with Crippen LogP contribution >= 0.6 is 0 Å². The second-order valence-electron chi connectivity index (χ2n) is 4.02. The number of carbonyl (C=O) groups is 2. The predicted octanol–water partition coefficient (Wildman–Crippen LogP) is 2.49. The Morgan fingerprint density at radius 1 is 1.06 bits per heavy atom. The zero-order chi connectivity index (χ0) is 12.4. The van der Waals surface area contributed by atoms with Gasteiger partial charge in [0.25, 0.3) is 0 Å². The average Bonchev–Trinajstić information content (AvgIpc) is 2.55. The van der Waals surface area contributed by atoms with E-state index in [0.717, 1.165) is 11.1 Å². The molecule has 0 amide bonds. The lowest BCUT2D eigenvalue weighted by molar-refractivity contribution is -0.149. The smallest absolute Gasteiger partial charge is 0.346 e. The van der Waals surface area contributed by atoms with Gasteiger partial charge in [-0.3, -0.25) is 0 Å². The van der Waals surface area contributed by atoms with Gasteiger partial charge in [-0.25, -0.2) is 9.59 Å². The first-order valence-electron chi connectivity index (χ1n) is 5.30. The molecule has 1 fully saturated rings. The van der Waals surface area contributed by atoms with Gasteiger partial charge in [-0.05, 0) is 25.5 Å². The minimum atomic E-state index is -0.574. The Bertz CT molecular complexity index is 532. The van der Waals surface area contributed by atoms with Gasteiger partial charge in [0.05, 0.1) is 11.1 Å². The highest BCUT2D eigenvalue weighted by atomic mass is 16.6. The summed E-state index contributed by atoms with van der Waals surface area (Å²) in [5.41, 5.74) is 2.36. The molecule has 0 aromatic heterocycles. The summed E-state index contributed by atoms with van der Waals surface area (Å²) in [6.45, 7) is 3.57. The van der Waals surface area contributed by atoms with Gasteiger partial charge in [-0.2, -0.15) is 0 Å². The van der Waals surface area contributed by atoms with Gasteiger partial charge in [-0.15, -0.1) is 0 Å². The van der Waals surface area contributed by atoms with E-state index in [2.05, 4.69) is 4.74 Å². The first-order chi connectivity index (χ1) is 8.09. The second kappa shape index (κ2) is 4.37. The Hall–Kier alpha value is -2.16. The molecule has 3 heteroatoms. The molecule has 1 aromatic rings. The van der Waals surface area contributed by atoms with Crippen LogP contribution in [0.5, 0.6) is 0 Å². The molecule has 0 N–H and O–H groups in total. The Morgan fingerprint density at radius 3 is 2.29 bits per heavy atom. The summed E-state index contributed by atoms with van der Waals surface area (Å²) in [6.07, 6.45) is 1.68. The largest absolute Gasteiger partial charge is 0.386 e. The van der Waals surface area contributed by atoms with Crippen molar-refractivity contribution in [3.05, 3.63) is 52.6 Å². The van der Waals surface area contributed by atoms with Crippen molar-refractivity contribution in [2.45, 2.75) is 13.8 Å². The molecule has 2 rings (SSSR count). The van der Waals surface area contributed by atoms with Crippen LogP contribution in [0, 0.1) is 0 Å². The molecule has 3 nitrogen and oxygen atoms in total. The van der Waals surface area contributed by atoms with Gasteiger partial charge in [0.1, 0.15) is 0 Å². The van der Waals surface area contributed by atoms with E-state index in [4.69, 9.17) is 0 Å². The maximum Gasteiger partial charge on any atom is 0.346 e. The molecule has 0 bridgehead atoms. The van der Waals surface area contributed by atoms with E-state index in [1.807, 2.05) is 30.3 Å². The highest BCUT2D eigenvalue weighted by molar-refractivity contribution is 6.20. The van der Waals surface area contributed by atoms with Crippen molar-refractivity contribution >= 4 is 18.0 Å². The van der Waals surface area contributed by atoms with Gasteiger partial charge < -0.3 is 4.74 Å². The van der Waals surface area contributed by atoms with Crippen molar-refractivity contribution in [1.82, 2.24) is 0 Å². The number of hydrogen-bond acceptors (Lipinski definition) is 3. The van der Waals surface area contributed by atoms with Crippen LogP contribution in [0.2, 0.25) is 0 Å². The average molecular weight is 228 g/mol. The fourth-order valence-corrected chi connectivity index (χ4v) is 1.72. The molecule has 1 aliphatic heterocycles. The number of ether oxygens (including phenoxy) is 1. The van der Waals surface area contributed by atoms with E-state index in [0.29, 0.717) is 11.1 Å². The summed E-state index contributed by atoms with van der Waals surface area (Å²) < 4.78 is 4.62. The van der Waals surface area contributed by atoms with E-state index < -0.39 is 11.9 Å². The zero-order valence-electron chi connectivity index (χ0n) is 9.69. The molecular formula is C14H12O3. The summed E-state index contributed by atoms with van der Waals surface area (Å²) in [7, 11) is 0. The molecule has 17 heavy (non-hydrogen) atoms. The standard InChI is InChI=1S/C14H12O3/c1-9(2)12-11(13(15)17-14(12)16)8-10-6-4-3-5-7-10/h3-8H,1-2H3/b11-8-. The molecule has 1 saturated heterocycles. The van der Waals surface area contributed by atoms with Crippen molar-refractivity contribution in [3.8, 4) is 0 Å². The Balaban J connectivity index is 2.51. The van der Waals surface area contributed by atoms with Gasteiger partial charge >= 0.3 is 11.9 Å². The Kier molecular flexibility index (Phi) is 2.91. The van der Waals surface area contributed by atoms with Crippen LogP contribution in [-0.4, -0.2) is 11.9 Å². The third kappa shape index (κ3) is 2.18. The van der Waals surface area contributed by atoms with E-state index >= 15 is 0 Å². The number of rotatable bonds is 1. The number of esters is 2. The number of allylic oxidation sites excluding steroid dienone is 1. The fourth-order valence-electron chi connectivity index (χ4n) is 1.72. The minimum absolute atomic E-state index is 0.334. The first-order valence-corrected chi connectivity index (χ1v) is 5.30. The molecule has 0 saturated carbocycles. The predicted molar refractivity (Wildman–Crippen MR) is 63.9 cm³/mol. The second-order valence-corrected chi connectivity index (χ2v) is 4.02. The molecule has 0 radical (unpaired) electrons. The molecule has 0 atom stereocenters. The highest BCUT2D eigenvalue weighted by Gasteiger charge is 2.33. The summed E-state index contributed by atoms with van der Waals surface area (Å²) in [6, 6.07) is 9.37. The van der Waals surface area contributed by atoms with Crippen molar-refractivity contribution in [2.75, 3.05) is 0 Å². The normalized spacial score (nSPS) is 17.5. The van der Waals surface area contributed by atoms with Crippen LogP contribution in [0.1, 0.15) is 19.4 Å². The summed E-state index contributed by atoms with van der Waals surface area (Å²) in [4.78, 5) is 23.0. The lowest BCUT2D eigenvalue weighted by Gasteiger charge is -1.97. The zero-order valence-corrected chi connectivity index (χ0v) is 9.69. The Labute approximate surface area is 99.4 Å². The molecule has 1 aliphatic rings. The Morgan fingerprint density at radius 2 is 1.71 bits per heavy atom. The summed E-state index contributed by atoms with van der Waals surface area (Å²) >= 11 is 0. The lowest BCUT2D eigenvalue weighted by atomic mass is 10.0. The van der Waals surface area contributed by atoms with Crippen LogP contribution in [0.25, 0.3) is 6.08 Å². The van der Waals surface area contributed by atoms with E-state index in [9.17, 15) is 9.59 Å². The van der Waals surface area contributed by atoms with Crippen LogP contribution in [0.15, 0.2) is 47.1 Å². The number of hydrogen-bond donors (Lipinski definition) is 0. The number of benzene rings is 1. The quantitative estimate of drug-likeness (QED) is 0.421. The molecule has 1 heterocycles. The van der Waals surface area contributed by atoms with Crippen LogP contribution in [0.4, 0.5) is 0 Å². The van der Waals surface area contributed by atoms with Crippen molar-refractivity contribution in [2.24, 2.45) is 0 Å². The molecule has 0 spiro atoms. The number of cyclic esters (lactones) is 2. The van der Waals surface area contributed by atoms with Crippen LogP contribution in [-0.2, 0) is 14.3 Å². The molecular weight excluding hydrogens is 216 g/mol. The minimum Gasteiger partial charge on any atom is -0.386 e. The summed E-state index contributed by atoms with van der Waals surface area (Å²) in [5, 5.41) is 0. The third-order valence-electron chi connectivity index (χ3n) is 2.49. The van der Waals surface area contributed by atoms with E-state index in [1.165, 1.54) is 0 Å². The third-order valence-corrected chi connectivity index (χ3v) is 2.49. The van der Waals surface area contributed by atoms with Gasteiger partial charge in [0.2, 0.25) is 0 Å². The van der Waals surface area contributed by atoms with E-state index in [-0.39, 0.29) is 0 Å². The SMILES string of the molecule is CC(C)=C1C(=O)OC(=O)/C1=C\c1ccccc1. The number of carbonyl (C=O) groups excluding carboxylic acids is 2. The highest BCUT2D eigenvalue weighted by Crippen LogP contribution is 2.27. The maximum atomic E-state index is 11.6. The van der Waals surface area contributed by atoms with Crippen molar-refractivity contribution in [3.63, 3.8) is 0 Å². The van der Waals surface area contributed by atoms with Crippen LogP contribution in [0.3, 0.4) is 0 Å². The van der Waals surface area contributed by atoms with Crippen molar-refractivity contribution in [1.29, 1.82) is 0 Å². The molecule has 1 aromatic carbocycles. The van der Waals surface area contributed by atoms with E-state index in [1.54, 1.807) is 19.9 Å². The fraction of sp³-hybridized carbons (Fsp3) is 0.143. The monoisotopic (exact) mass is 228 g/mol. The molecule has 86 valence electrons. The van der Waals surface area contributed by atoms with Gasteiger partial charge in [-0.1, -0.05) is 35.9 Å². The topological polar surface area (TPSA) is 43.4 Å². The van der Waals surface area contributed by atoms with Gasteiger partial charge in [0, 0.05) is 0 Å². The lowest BCUT2D eigenvalue weighted by Crippen LogP contribution is -1.97. The first kappa shape index (κ1) is 11.3. The molecule has 0 aliphatic carbocycles.